The van der Waals surface area contributed by atoms with E-state index in [0.717, 1.165) is 15.7 Å². The average Bonchev–Trinajstić information content (AvgIpc) is 2.19. The van der Waals surface area contributed by atoms with Crippen LogP contribution in [0, 0.1) is 5.92 Å². The lowest BCUT2D eigenvalue weighted by atomic mass is 10.1. The maximum absolute atomic E-state index is 11.6. The van der Waals surface area contributed by atoms with E-state index in [9.17, 15) is 4.79 Å². The highest BCUT2D eigenvalue weighted by atomic mass is 79.9. The van der Waals surface area contributed by atoms with Crippen LogP contribution in [0.5, 0.6) is 0 Å². The van der Waals surface area contributed by atoms with Crippen LogP contribution in [0.15, 0.2) is 22.7 Å². The molecule has 0 heterocycles. The Kier molecular flexibility index (Phi) is 5.08. The molecule has 1 aromatic rings. The smallest absolute Gasteiger partial charge is 0.224 e. The molecule has 1 amide bonds. The van der Waals surface area contributed by atoms with Crippen LogP contribution in [0.1, 0.15) is 25.8 Å². The second kappa shape index (κ2) is 6.12. The highest BCUT2D eigenvalue weighted by Crippen LogP contribution is 2.24. The minimum Gasteiger partial charge on any atom is -0.389 e. The Bertz CT molecular complexity index is 446. The zero-order valence-corrected chi connectivity index (χ0v) is 12.2. The number of thiocarbonyl (C=S) groups is 1. The van der Waals surface area contributed by atoms with Gasteiger partial charge in [0.2, 0.25) is 5.91 Å². The van der Waals surface area contributed by atoms with Crippen LogP contribution in [-0.4, -0.2) is 10.9 Å². The Morgan fingerprint density at radius 2 is 2.18 bits per heavy atom. The number of hydrogen-bond donors (Lipinski definition) is 2. The van der Waals surface area contributed by atoms with Crippen LogP contribution in [0.4, 0.5) is 5.69 Å². The first-order chi connectivity index (χ1) is 7.90. The van der Waals surface area contributed by atoms with Crippen molar-refractivity contribution in [3.63, 3.8) is 0 Å². The number of hydrogen-bond acceptors (Lipinski definition) is 2. The fourth-order valence-corrected chi connectivity index (χ4v) is 1.95. The van der Waals surface area contributed by atoms with Crippen molar-refractivity contribution in [1.29, 1.82) is 0 Å². The number of rotatable bonds is 4. The number of carbonyl (C=O) groups excluding carboxylic acids is 1. The largest absolute Gasteiger partial charge is 0.389 e. The quantitative estimate of drug-likeness (QED) is 0.840. The zero-order chi connectivity index (χ0) is 13.0. The minimum absolute atomic E-state index is 0.00350. The van der Waals surface area contributed by atoms with Crippen LogP contribution in [-0.2, 0) is 4.79 Å². The van der Waals surface area contributed by atoms with Crippen molar-refractivity contribution in [3.05, 3.63) is 28.2 Å². The Morgan fingerprint density at radius 3 is 2.65 bits per heavy atom. The molecule has 0 atom stereocenters. The first-order valence-electron chi connectivity index (χ1n) is 5.29. The van der Waals surface area contributed by atoms with Gasteiger partial charge in [-0.2, -0.15) is 0 Å². The van der Waals surface area contributed by atoms with Gasteiger partial charge in [-0.15, -0.1) is 0 Å². The third kappa shape index (κ3) is 4.44. The van der Waals surface area contributed by atoms with Crippen molar-refractivity contribution in [2.45, 2.75) is 20.3 Å². The Hall–Kier alpha value is -0.940. The number of nitrogens with one attached hydrogen (secondary N) is 1. The molecule has 0 aliphatic heterocycles. The normalized spacial score (nSPS) is 10.4. The lowest BCUT2D eigenvalue weighted by Gasteiger charge is -2.10. The van der Waals surface area contributed by atoms with E-state index in [1.54, 1.807) is 18.2 Å². The van der Waals surface area contributed by atoms with Crippen LogP contribution in [0.2, 0.25) is 0 Å². The summed E-state index contributed by atoms with van der Waals surface area (Å²) in [4.78, 5) is 12.0. The lowest BCUT2D eigenvalue weighted by molar-refractivity contribution is -0.116. The van der Waals surface area contributed by atoms with Gasteiger partial charge >= 0.3 is 0 Å². The Balaban J connectivity index is 2.79. The molecule has 5 heteroatoms. The van der Waals surface area contributed by atoms with Gasteiger partial charge in [0.15, 0.2) is 0 Å². The number of nitrogens with two attached hydrogens (primary N) is 1. The SMILES string of the molecule is CC(C)CC(=O)Nc1ccc(C(N)=S)cc1Br. The van der Waals surface area contributed by atoms with Crippen molar-refractivity contribution in [3.8, 4) is 0 Å². The minimum atomic E-state index is 0.00350. The van der Waals surface area contributed by atoms with Crippen molar-refractivity contribution in [2.24, 2.45) is 11.7 Å². The molecule has 3 nitrogen and oxygen atoms in total. The lowest BCUT2D eigenvalue weighted by Crippen LogP contribution is -2.15. The molecule has 0 bridgehead atoms. The molecular formula is C12H15BrN2OS. The number of amides is 1. The standard InChI is InChI=1S/C12H15BrN2OS/c1-7(2)5-11(16)15-10-4-3-8(12(14)17)6-9(10)13/h3-4,6-7H,5H2,1-2H3,(H2,14,17)(H,15,16). The molecule has 3 N–H and O–H groups in total. The van der Waals surface area contributed by atoms with Crippen LogP contribution in [0.25, 0.3) is 0 Å². The molecule has 0 fully saturated rings. The molecule has 92 valence electrons. The van der Waals surface area contributed by atoms with Gasteiger partial charge in [0.05, 0.1) is 5.69 Å². The fourth-order valence-electron chi connectivity index (χ4n) is 1.34. The van der Waals surface area contributed by atoms with Crippen LogP contribution >= 0.6 is 28.1 Å². The van der Waals surface area contributed by atoms with Gasteiger partial charge in [0.1, 0.15) is 4.99 Å². The van der Waals surface area contributed by atoms with Gasteiger partial charge in [-0.25, -0.2) is 0 Å². The maximum Gasteiger partial charge on any atom is 0.224 e. The topological polar surface area (TPSA) is 55.1 Å². The summed E-state index contributed by atoms with van der Waals surface area (Å²) in [5.41, 5.74) is 7.03. The summed E-state index contributed by atoms with van der Waals surface area (Å²) in [6.07, 6.45) is 0.503. The molecule has 0 aliphatic carbocycles. The number of halogens is 1. The molecule has 0 radical (unpaired) electrons. The summed E-state index contributed by atoms with van der Waals surface area (Å²) in [5, 5.41) is 2.84. The Labute approximate surface area is 115 Å². The predicted octanol–water partition coefficient (Wildman–Crippen LogP) is 3.07. The highest BCUT2D eigenvalue weighted by molar-refractivity contribution is 9.10. The van der Waals surface area contributed by atoms with Crippen molar-refractivity contribution < 1.29 is 4.79 Å². The number of benzene rings is 1. The van der Waals surface area contributed by atoms with Crippen molar-refractivity contribution in [2.75, 3.05) is 5.32 Å². The van der Waals surface area contributed by atoms with E-state index in [0.29, 0.717) is 17.3 Å². The van der Waals surface area contributed by atoms with E-state index in [1.165, 1.54) is 0 Å². The summed E-state index contributed by atoms with van der Waals surface area (Å²) >= 11 is 8.26. The fraction of sp³-hybridized carbons (Fsp3) is 0.333. The van der Waals surface area contributed by atoms with Gasteiger partial charge in [-0.1, -0.05) is 26.1 Å². The van der Waals surface area contributed by atoms with Gasteiger partial charge in [0.25, 0.3) is 0 Å². The van der Waals surface area contributed by atoms with Crippen molar-refractivity contribution in [1.82, 2.24) is 0 Å². The molecule has 1 aromatic carbocycles. The monoisotopic (exact) mass is 314 g/mol. The zero-order valence-electron chi connectivity index (χ0n) is 9.79. The molecule has 0 unspecified atom stereocenters. The second-order valence-corrected chi connectivity index (χ2v) is 5.50. The average molecular weight is 315 g/mol. The summed E-state index contributed by atoms with van der Waals surface area (Å²) in [6, 6.07) is 5.38. The van der Waals surface area contributed by atoms with E-state index in [-0.39, 0.29) is 5.91 Å². The molecule has 0 saturated carbocycles. The first kappa shape index (κ1) is 14.1. The molecule has 0 aromatic heterocycles. The first-order valence-corrected chi connectivity index (χ1v) is 6.49. The molecule has 0 spiro atoms. The van der Waals surface area contributed by atoms with E-state index in [2.05, 4.69) is 21.2 Å². The third-order valence-electron chi connectivity index (χ3n) is 2.12. The van der Waals surface area contributed by atoms with Gasteiger partial charge < -0.3 is 11.1 Å². The van der Waals surface area contributed by atoms with Gasteiger partial charge in [-0.3, -0.25) is 4.79 Å². The predicted molar refractivity (Wildman–Crippen MR) is 78.1 cm³/mol. The van der Waals surface area contributed by atoms with Gasteiger partial charge in [-0.05, 0) is 40.0 Å². The summed E-state index contributed by atoms with van der Waals surface area (Å²) in [5.74, 6) is 0.341. The van der Waals surface area contributed by atoms with Crippen molar-refractivity contribution >= 4 is 44.7 Å². The van der Waals surface area contributed by atoms with Gasteiger partial charge in [0, 0.05) is 16.5 Å². The van der Waals surface area contributed by atoms with E-state index in [1.807, 2.05) is 13.8 Å². The molecular weight excluding hydrogens is 300 g/mol. The molecule has 0 aliphatic rings. The molecule has 0 saturated heterocycles. The maximum atomic E-state index is 11.6. The summed E-state index contributed by atoms with van der Waals surface area (Å²) in [6.45, 7) is 4.01. The molecule has 17 heavy (non-hydrogen) atoms. The third-order valence-corrected chi connectivity index (χ3v) is 3.01. The Morgan fingerprint density at radius 1 is 1.53 bits per heavy atom. The summed E-state index contributed by atoms with van der Waals surface area (Å²) < 4.78 is 0.778. The number of carbonyl (C=O) groups is 1. The highest BCUT2D eigenvalue weighted by Gasteiger charge is 2.08. The molecule has 1 rings (SSSR count). The van der Waals surface area contributed by atoms with Crippen LogP contribution in [0.3, 0.4) is 0 Å². The second-order valence-electron chi connectivity index (χ2n) is 4.21. The summed E-state index contributed by atoms with van der Waals surface area (Å²) in [7, 11) is 0. The van der Waals surface area contributed by atoms with Crippen LogP contribution < -0.4 is 11.1 Å². The van der Waals surface area contributed by atoms with E-state index in [4.69, 9.17) is 18.0 Å². The number of anilines is 1. The van der Waals surface area contributed by atoms with E-state index >= 15 is 0 Å². The van der Waals surface area contributed by atoms with E-state index < -0.39 is 0 Å².